The van der Waals surface area contributed by atoms with Crippen LogP contribution in [0.5, 0.6) is 0 Å². The fourth-order valence-electron chi connectivity index (χ4n) is 2.54. The average Bonchev–Trinajstić information content (AvgIpc) is 3.03. The number of nitrogens with zero attached hydrogens (tertiary/aromatic N) is 2. The molecule has 0 unspecified atom stereocenters. The summed E-state index contributed by atoms with van der Waals surface area (Å²) >= 11 is 10.7. The van der Waals surface area contributed by atoms with Gasteiger partial charge in [0.1, 0.15) is 0 Å². The summed E-state index contributed by atoms with van der Waals surface area (Å²) in [5.41, 5.74) is 3.09. The standard InChI is InChI=1S/C15H10BrN3S2/c16-9-5-10(21-8-9)7-19-14-11-3-1-2-4-12(11)17-6-13(14)18-15(19)20/h1-6,8H,7H2,(H,18,20). The molecule has 0 saturated heterocycles. The number of aromatic nitrogens is 3. The number of H-pyrrole nitrogens is 1. The number of pyridine rings is 1. The van der Waals surface area contributed by atoms with Gasteiger partial charge in [0.2, 0.25) is 0 Å². The van der Waals surface area contributed by atoms with Crippen molar-refractivity contribution >= 4 is 61.4 Å². The van der Waals surface area contributed by atoms with Gasteiger partial charge in [-0.15, -0.1) is 11.3 Å². The third-order valence-electron chi connectivity index (χ3n) is 3.44. The molecule has 4 rings (SSSR count). The van der Waals surface area contributed by atoms with Crippen LogP contribution in [0.1, 0.15) is 4.88 Å². The van der Waals surface area contributed by atoms with Gasteiger partial charge in [-0.25, -0.2) is 0 Å². The molecule has 0 fully saturated rings. The van der Waals surface area contributed by atoms with Crippen molar-refractivity contribution in [3.05, 3.63) is 56.0 Å². The van der Waals surface area contributed by atoms with E-state index < -0.39 is 0 Å². The lowest BCUT2D eigenvalue weighted by Gasteiger charge is -2.05. The van der Waals surface area contributed by atoms with Gasteiger partial charge in [0.05, 0.1) is 29.3 Å². The summed E-state index contributed by atoms with van der Waals surface area (Å²) in [6, 6.07) is 10.3. The molecular formula is C15H10BrN3S2. The minimum Gasteiger partial charge on any atom is -0.329 e. The summed E-state index contributed by atoms with van der Waals surface area (Å²) in [5.74, 6) is 0. The highest BCUT2D eigenvalue weighted by Crippen LogP contribution is 2.26. The number of imidazole rings is 1. The van der Waals surface area contributed by atoms with E-state index in [1.165, 1.54) is 4.88 Å². The van der Waals surface area contributed by atoms with E-state index in [-0.39, 0.29) is 0 Å². The molecule has 1 N–H and O–H groups in total. The molecule has 0 atom stereocenters. The molecular weight excluding hydrogens is 366 g/mol. The molecule has 3 heterocycles. The number of fused-ring (bicyclic) bond motifs is 3. The largest absolute Gasteiger partial charge is 0.329 e. The first kappa shape index (κ1) is 13.2. The number of rotatable bonds is 2. The fourth-order valence-corrected chi connectivity index (χ4v) is 4.24. The van der Waals surface area contributed by atoms with Crippen LogP contribution in [0.2, 0.25) is 0 Å². The smallest absolute Gasteiger partial charge is 0.178 e. The Hall–Kier alpha value is -1.50. The lowest BCUT2D eigenvalue weighted by molar-refractivity contribution is 0.825. The van der Waals surface area contributed by atoms with Crippen LogP contribution in [-0.2, 0) is 6.54 Å². The SMILES string of the molecule is S=c1[nH]c2cnc3ccccc3c2n1Cc1cc(Br)cs1. The number of hydrogen-bond donors (Lipinski definition) is 1. The molecule has 0 radical (unpaired) electrons. The number of para-hydroxylation sites is 1. The summed E-state index contributed by atoms with van der Waals surface area (Å²) in [6.07, 6.45) is 1.86. The summed E-state index contributed by atoms with van der Waals surface area (Å²) in [5, 5.41) is 3.21. The van der Waals surface area contributed by atoms with Crippen LogP contribution in [0, 0.1) is 4.77 Å². The third-order valence-corrected chi connectivity index (χ3v) is 5.44. The molecule has 3 nitrogen and oxygen atoms in total. The number of aromatic amines is 1. The zero-order valence-electron chi connectivity index (χ0n) is 10.8. The number of nitrogens with one attached hydrogen (secondary N) is 1. The second kappa shape index (κ2) is 5.05. The maximum Gasteiger partial charge on any atom is 0.178 e. The predicted octanol–water partition coefficient (Wildman–Crippen LogP) is 5.12. The van der Waals surface area contributed by atoms with Crippen molar-refractivity contribution in [1.82, 2.24) is 14.5 Å². The Morgan fingerprint density at radius 2 is 2.19 bits per heavy atom. The van der Waals surface area contributed by atoms with Crippen molar-refractivity contribution in [2.45, 2.75) is 6.54 Å². The molecule has 3 aromatic heterocycles. The summed E-state index contributed by atoms with van der Waals surface area (Å²) in [7, 11) is 0. The number of halogens is 1. The van der Waals surface area contributed by atoms with Crippen molar-refractivity contribution in [2.24, 2.45) is 0 Å². The van der Waals surface area contributed by atoms with Gasteiger partial charge in [0.25, 0.3) is 0 Å². The summed E-state index contributed by atoms with van der Waals surface area (Å²) in [6.45, 7) is 0.767. The number of hydrogen-bond acceptors (Lipinski definition) is 3. The van der Waals surface area contributed by atoms with E-state index in [4.69, 9.17) is 12.2 Å². The van der Waals surface area contributed by atoms with Gasteiger partial charge in [0.15, 0.2) is 4.77 Å². The minimum absolute atomic E-state index is 0.729. The van der Waals surface area contributed by atoms with Crippen LogP contribution >= 0.6 is 39.5 Å². The van der Waals surface area contributed by atoms with Crippen molar-refractivity contribution < 1.29 is 0 Å². The second-order valence-electron chi connectivity index (χ2n) is 4.79. The Balaban J connectivity index is 2.01. The van der Waals surface area contributed by atoms with Crippen molar-refractivity contribution in [3.8, 4) is 0 Å². The van der Waals surface area contributed by atoms with Gasteiger partial charge in [0, 0.05) is 20.1 Å². The first-order chi connectivity index (χ1) is 10.2. The van der Waals surface area contributed by atoms with E-state index in [2.05, 4.69) is 48.0 Å². The highest BCUT2D eigenvalue weighted by molar-refractivity contribution is 9.10. The van der Waals surface area contributed by atoms with E-state index in [9.17, 15) is 0 Å². The van der Waals surface area contributed by atoms with Crippen molar-refractivity contribution in [2.75, 3.05) is 0 Å². The van der Waals surface area contributed by atoms with Gasteiger partial charge in [-0.05, 0) is 40.3 Å². The quantitative estimate of drug-likeness (QED) is 0.493. The molecule has 4 aromatic rings. The van der Waals surface area contributed by atoms with Crippen LogP contribution in [0.15, 0.2) is 46.4 Å². The van der Waals surface area contributed by atoms with Crippen LogP contribution in [0.4, 0.5) is 0 Å². The maximum atomic E-state index is 5.49. The van der Waals surface area contributed by atoms with Gasteiger partial charge >= 0.3 is 0 Å². The summed E-state index contributed by atoms with van der Waals surface area (Å²) < 4.78 is 3.99. The average molecular weight is 376 g/mol. The molecule has 0 amide bonds. The molecule has 0 bridgehead atoms. The molecule has 0 aliphatic carbocycles. The van der Waals surface area contributed by atoms with Crippen LogP contribution in [-0.4, -0.2) is 14.5 Å². The monoisotopic (exact) mass is 375 g/mol. The van der Waals surface area contributed by atoms with E-state index in [0.29, 0.717) is 0 Å². The molecule has 104 valence electrons. The molecule has 6 heteroatoms. The lowest BCUT2D eigenvalue weighted by atomic mass is 10.2. The Morgan fingerprint density at radius 3 is 3.00 bits per heavy atom. The van der Waals surface area contributed by atoms with Crippen LogP contribution < -0.4 is 0 Å². The van der Waals surface area contributed by atoms with E-state index >= 15 is 0 Å². The third kappa shape index (κ3) is 2.23. The summed E-state index contributed by atoms with van der Waals surface area (Å²) in [4.78, 5) is 9.00. The Labute approximate surface area is 138 Å². The normalized spacial score (nSPS) is 11.5. The molecule has 0 aliphatic heterocycles. The number of benzene rings is 1. The maximum absolute atomic E-state index is 5.49. The Kier molecular flexibility index (Phi) is 3.17. The topological polar surface area (TPSA) is 33.6 Å². The lowest BCUT2D eigenvalue weighted by Crippen LogP contribution is -1.98. The second-order valence-corrected chi connectivity index (χ2v) is 7.08. The van der Waals surface area contributed by atoms with Crippen molar-refractivity contribution in [3.63, 3.8) is 0 Å². The van der Waals surface area contributed by atoms with Crippen LogP contribution in [0.3, 0.4) is 0 Å². The minimum atomic E-state index is 0.729. The van der Waals surface area contributed by atoms with Gasteiger partial charge in [-0.1, -0.05) is 18.2 Å². The molecule has 0 aliphatic rings. The first-order valence-electron chi connectivity index (χ1n) is 6.41. The van der Waals surface area contributed by atoms with Gasteiger partial charge < -0.3 is 9.55 Å². The van der Waals surface area contributed by atoms with E-state index in [0.717, 1.165) is 37.7 Å². The van der Waals surface area contributed by atoms with Crippen molar-refractivity contribution in [1.29, 1.82) is 0 Å². The Bertz CT molecular complexity index is 1010. The van der Waals surface area contributed by atoms with Crippen LogP contribution in [0.25, 0.3) is 21.9 Å². The Morgan fingerprint density at radius 1 is 1.33 bits per heavy atom. The molecule has 1 aromatic carbocycles. The number of thiophene rings is 1. The highest BCUT2D eigenvalue weighted by atomic mass is 79.9. The van der Waals surface area contributed by atoms with Gasteiger partial charge in [-0.3, -0.25) is 4.98 Å². The van der Waals surface area contributed by atoms with E-state index in [1.807, 2.05) is 24.4 Å². The zero-order valence-corrected chi connectivity index (χ0v) is 14.1. The van der Waals surface area contributed by atoms with Gasteiger partial charge in [-0.2, -0.15) is 0 Å². The zero-order chi connectivity index (χ0) is 14.4. The predicted molar refractivity (Wildman–Crippen MR) is 93.5 cm³/mol. The fraction of sp³-hybridized carbons (Fsp3) is 0.0667. The molecule has 0 saturated carbocycles. The highest BCUT2D eigenvalue weighted by Gasteiger charge is 2.10. The first-order valence-corrected chi connectivity index (χ1v) is 8.49. The molecule has 21 heavy (non-hydrogen) atoms. The molecule has 0 spiro atoms. The van der Waals surface area contributed by atoms with E-state index in [1.54, 1.807) is 11.3 Å².